The maximum atomic E-state index is 4.64. The van der Waals surface area contributed by atoms with Crippen molar-refractivity contribution in [2.45, 2.75) is 46.2 Å². The lowest BCUT2D eigenvalue weighted by Crippen LogP contribution is -2.49. The average molecular weight is 195 g/mol. The summed E-state index contributed by atoms with van der Waals surface area (Å²) in [6.07, 6.45) is 2.57. The number of nitrogens with one attached hydrogen (secondary N) is 1. The largest absolute Gasteiger partial charge is 0.308 e. The predicted octanol–water partition coefficient (Wildman–Crippen LogP) is 1.66. The molecule has 0 amide bonds. The third-order valence-corrected chi connectivity index (χ3v) is 3.28. The number of hydrogen-bond donors (Lipinski definition) is 1. The molecule has 2 rings (SSSR count). The Morgan fingerprint density at radius 3 is 2.71 bits per heavy atom. The second-order valence-electron chi connectivity index (χ2n) is 4.76. The fraction of sp³-hybridized carbons (Fsp3) is 0.800. The Morgan fingerprint density at radius 2 is 2.29 bits per heavy atom. The number of aromatic nitrogens is 2. The molecule has 1 aromatic rings. The highest BCUT2D eigenvalue weighted by Gasteiger charge is 2.37. The molecule has 4 heteroatoms. The van der Waals surface area contributed by atoms with E-state index in [9.17, 15) is 0 Å². The summed E-state index contributed by atoms with van der Waals surface area (Å²) in [5.74, 6) is 0. The molecule has 0 aromatic carbocycles. The van der Waals surface area contributed by atoms with Gasteiger partial charge in [-0.05, 0) is 25.2 Å². The van der Waals surface area contributed by atoms with Gasteiger partial charge in [0.2, 0.25) is 0 Å². The Labute approximate surface area is 84.0 Å². The van der Waals surface area contributed by atoms with Crippen molar-refractivity contribution in [2.24, 2.45) is 5.41 Å². The van der Waals surface area contributed by atoms with E-state index in [0.29, 0.717) is 11.5 Å². The summed E-state index contributed by atoms with van der Waals surface area (Å²) in [5.41, 5.74) is 2.24. The topological polar surface area (TPSA) is 51.0 Å². The molecule has 0 aliphatic heterocycles. The first-order valence-corrected chi connectivity index (χ1v) is 5.11. The van der Waals surface area contributed by atoms with Crippen molar-refractivity contribution >= 4 is 0 Å². The monoisotopic (exact) mass is 195 g/mol. The fourth-order valence-corrected chi connectivity index (χ4v) is 1.87. The third kappa shape index (κ3) is 1.66. The van der Waals surface area contributed by atoms with E-state index in [4.69, 9.17) is 0 Å². The van der Waals surface area contributed by atoms with Gasteiger partial charge in [-0.15, -0.1) is 0 Å². The van der Waals surface area contributed by atoms with Crippen LogP contribution in [-0.4, -0.2) is 16.4 Å². The minimum absolute atomic E-state index is 0.436. The highest BCUT2D eigenvalue weighted by molar-refractivity contribution is 5.05. The molecule has 4 nitrogen and oxygen atoms in total. The summed E-state index contributed by atoms with van der Waals surface area (Å²) in [5, 5.41) is 11.1. The van der Waals surface area contributed by atoms with E-state index < -0.39 is 0 Å². The van der Waals surface area contributed by atoms with Crippen molar-refractivity contribution in [3.63, 3.8) is 0 Å². The van der Waals surface area contributed by atoms with Crippen LogP contribution in [0, 0.1) is 12.3 Å². The van der Waals surface area contributed by atoms with Crippen LogP contribution in [0.4, 0.5) is 0 Å². The van der Waals surface area contributed by atoms with Crippen molar-refractivity contribution in [3.05, 3.63) is 11.4 Å². The van der Waals surface area contributed by atoms with Gasteiger partial charge < -0.3 is 5.32 Å². The molecule has 1 unspecified atom stereocenters. The zero-order chi connectivity index (χ0) is 10.2. The van der Waals surface area contributed by atoms with Crippen LogP contribution < -0.4 is 5.32 Å². The fourth-order valence-electron chi connectivity index (χ4n) is 1.87. The molecule has 1 aliphatic rings. The van der Waals surface area contributed by atoms with Gasteiger partial charge in [-0.3, -0.25) is 0 Å². The maximum absolute atomic E-state index is 4.64. The molecule has 0 bridgehead atoms. The van der Waals surface area contributed by atoms with E-state index in [1.54, 1.807) is 0 Å². The number of nitrogens with zero attached hydrogens (tertiary/aromatic N) is 2. The van der Waals surface area contributed by atoms with E-state index in [2.05, 4.69) is 34.1 Å². The van der Waals surface area contributed by atoms with Crippen molar-refractivity contribution in [3.8, 4) is 0 Å². The minimum atomic E-state index is 0.436. The van der Waals surface area contributed by atoms with E-state index in [1.165, 1.54) is 12.8 Å². The number of rotatable bonds is 3. The molecule has 1 heterocycles. The van der Waals surface area contributed by atoms with Gasteiger partial charge in [0, 0.05) is 12.6 Å². The molecule has 1 aromatic heterocycles. The summed E-state index contributed by atoms with van der Waals surface area (Å²) >= 11 is 0. The van der Waals surface area contributed by atoms with Crippen LogP contribution >= 0.6 is 0 Å². The summed E-state index contributed by atoms with van der Waals surface area (Å²) in [4.78, 5) is 0. The second kappa shape index (κ2) is 3.35. The SMILES string of the molecule is Cc1nonc1CNC1CCC1(C)C. The second-order valence-corrected chi connectivity index (χ2v) is 4.76. The van der Waals surface area contributed by atoms with Gasteiger partial charge in [0.1, 0.15) is 11.4 Å². The molecule has 78 valence electrons. The van der Waals surface area contributed by atoms with Crippen LogP contribution in [0.5, 0.6) is 0 Å². The number of aryl methyl sites for hydroxylation is 1. The standard InChI is InChI=1S/C10H17N3O/c1-7-8(13-14-12-7)6-11-9-4-5-10(9,2)3/h9,11H,4-6H2,1-3H3. The van der Waals surface area contributed by atoms with Gasteiger partial charge in [0.25, 0.3) is 0 Å². The van der Waals surface area contributed by atoms with Crippen LogP contribution in [0.3, 0.4) is 0 Å². The van der Waals surface area contributed by atoms with Crippen molar-refractivity contribution in [1.82, 2.24) is 15.6 Å². The van der Waals surface area contributed by atoms with E-state index >= 15 is 0 Å². The molecule has 1 fully saturated rings. The van der Waals surface area contributed by atoms with Crippen molar-refractivity contribution in [2.75, 3.05) is 0 Å². The van der Waals surface area contributed by atoms with Crippen LogP contribution in [0.2, 0.25) is 0 Å². The van der Waals surface area contributed by atoms with Gasteiger partial charge in [-0.1, -0.05) is 24.2 Å². The molecule has 1 aliphatic carbocycles. The first-order chi connectivity index (χ1) is 6.59. The highest BCUT2D eigenvalue weighted by atomic mass is 16.6. The summed E-state index contributed by atoms with van der Waals surface area (Å²) in [7, 11) is 0. The van der Waals surface area contributed by atoms with Crippen LogP contribution in [0.25, 0.3) is 0 Å². The zero-order valence-corrected chi connectivity index (χ0v) is 9.00. The van der Waals surface area contributed by atoms with Crippen molar-refractivity contribution < 1.29 is 4.63 Å². The average Bonchev–Trinajstić information content (AvgIpc) is 2.50. The Balaban J connectivity index is 1.87. The van der Waals surface area contributed by atoms with Gasteiger partial charge in [0.05, 0.1) is 0 Å². The van der Waals surface area contributed by atoms with E-state index in [0.717, 1.165) is 17.9 Å². The molecule has 0 saturated heterocycles. The van der Waals surface area contributed by atoms with Gasteiger partial charge in [0.15, 0.2) is 0 Å². The molecule has 1 atom stereocenters. The van der Waals surface area contributed by atoms with Crippen molar-refractivity contribution in [1.29, 1.82) is 0 Å². The lowest BCUT2D eigenvalue weighted by molar-refractivity contribution is 0.107. The quantitative estimate of drug-likeness (QED) is 0.796. The minimum Gasteiger partial charge on any atom is -0.308 e. The van der Waals surface area contributed by atoms with Gasteiger partial charge in [-0.2, -0.15) is 0 Å². The van der Waals surface area contributed by atoms with E-state index in [-0.39, 0.29) is 0 Å². The summed E-state index contributed by atoms with van der Waals surface area (Å²) < 4.78 is 4.64. The van der Waals surface area contributed by atoms with Gasteiger partial charge >= 0.3 is 0 Å². The molecule has 1 N–H and O–H groups in total. The molecule has 1 saturated carbocycles. The Kier molecular flexibility index (Phi) is 2.31. The molecule has 0 spiro atoms. The first kappa shape index (κ1) is 9.65. The van der Waals surface area contributed by atoms with Crippen LogP contribution in [0.1, 0.15) is 38.1 Å². The predicted molar refractivity (Wildman–Crippen MR) is 52.7 cm³/mol. The third-order valence-electron chi connectivity index (χ3n) is 3.28. The first-order valence-electron chi connectivity index (χ1n) is 5.11. The maximum Gasteiger partial charge on any atom is 0.121 e. The molecule has 14 heavy (non-hydrogen) atoms. The smallest absolute Gasteiger partial charge is 0.121 e. The van der Waals surface area contributed by atoms with Crippen LogP contribution in [-0.2, 0) is 6.54 Å². The highest BCUT2D eigenvalue weighted by Crippen LogP contribution is 2.39. The lowest BCUT2D eigenvalue weighted by Gasteiger charge is -2.45. The Bertz CT molecular complexity index is 319. The Hall–Kier alpha value is -0.900. The Morgan fingerprint density at radius 1 is 1.50 bits per heavy atom. The summed E-state index contributed by atoms with van der Waals surface area (Å²) in [6, 6.07) is 0.610. The molecular weight excluding hydrogens is 178 g/mol. The zero-order valence-electron chi connectivity index (χ0n) is 9.00. The normalized spacial score (nSPS) is 24.6. The molecule has 0 radical (unpaired) electrons. The number of hydrogen-bond acceptors (Lipinski definition) is 4. The summed E-state index contributed by atoms with van der Waals surface area (Å²) in [6.45, 7) is 7.27. The molecular formula is C10H17N3O. The van der Waals surface area contributed by atoms with Crippen LogP contribution in [0.15, 0.2) is 4.63 Å². The lowest BCUT2D eigenvalue weighted by atomic mass is 9.67. The van der Waals surface area contributed by atoms with Gasteiger partial charge in [-0.25, -0.2) is 4.63 Å². The van der Waals surface area contributed by atoms with E-state index in [1.807, 2.05) is 6.92 Å².